The maximum atomic E-state index is 14.6. The first-order valence-corrected chi connectivity index (χ1v) is 10.9. The number of ether oxygens (including phenoxy) is 1. The number of amides is 2. The van der Waals surface area contributed by atoms with Gasteiger partial charge in [-0.1, -0.05) is 35.9 Å². The number of halogens is 3. The summed E-state index contributed by atoms with van der Waals surface area (Å²) in [5.74, 6) is -1.59. The lowest BCUT2D eigenvalue weighted by Crippen LogP contribution is -2.77. The summed E-state index contributed by atoms with van der Waals surface area (Å²) in [7, 11) is 0. The number of hydrogen-bond acceptors (Lipinski definition) is 4. The molecule has 2 aliphatic heterocycles. The van der Waals surface area contributed by atoms with Crippen LogP contribution in [0.4, 0.5) is 14.6 Å². The maximum absolute atomic E-state index is 14.6. The molecular weight excluding hydrogens is 440 g/mol. The Bertz CT molecular complexity index is 1080. The van der Waals surface area contributed by atoms with Crippen LogP contribution in [0.15, 0.2) is 36.5 Å². The topological polar surface area (TPSA) is 62.7 Å². The number of piperazine rings is 1. The van der Waals surface area contributed by atoms with Crippen molar-refractivity contribution in [3.05, 3.63) is 58.5 Å². The van der Waals surface area contributed by atoms with E-state index in [1.54, 1.807) is 29.2 Å². The van der Waals surface area contributed by atoms with E-state index >= 15 is 0 Å². The van der Waals surface area contributed by atoms with Gasteiger partial charge in [0, 0.05) is 18.2 Å². The van der Waals surface area contributed by atoms with E-state index in [9.17, 15) is 18.4 Å². The Kier molecular flexibility index (Phi) is 4.98. The fraction of sp³-hybridized carbons (Fsp3) is 0.435. The predicted octanol–water partition coefficient (Wildman–Crippen LogP) is 3.83. The fourth-order valence-electron chi connectivity index (χ4n) is 5.11. The molecule has 6 nitrogen and oxygen atoms in total. The third-order valence-corrected chi connectivity index (χ3v) is 6.94. The number of carbonyl (C=O) groups is 2. The van der Waals surface area contributed by atoms with E-state index in [0.717, 1.165) is 16.5 Å². The molecule has 2 amide bonds. The van der Waals surface area contributed by atoms with Crippen LogP contribution in [0.25, 0.3) is 0 Å². The summed E-state index contributed by atoms with van der Waals surface area (Å²) >= 11 is 5.80. The molecule has 0 N–H and O–H groups in total. The summed E-state index contributed by atoms with van der Waals surface area (Å²) in [6, 6.07) is 7.99. The number of hydrogen-bond donors (Lipinski definition) is 0. The molecule has 168 valence electrons. The first kappa shape index (κ1) is 21.3. The van der Waals surface area contributed by atoms with Crippen LogP contribution in [0.3, 0.4) is 0 Å². The van der Waals surface area contributed by atoms with Gasteiger partial charge in [0.15, 0.2) is 11.6 Å². The summed E-state index contributed by atoms with van der Waals surface area (Å²) in [6.07, 6.45) is 1.08. The van der Waals surface area contributed by atoms with Crippen LogP contribution in [0.2, 0.25) is 5.02 Å². The Balaban J connectivity index is 1.47. The standard InChI is InChI=1S/C23H22ClF2N3O3/c1-14(25)16-4-2-15(3-5-16)8-29-19(30)9-28(20-18(26)6-17(24)7-27-20)21(31)23(29)10-22(11-23)12-32-13-22/h2-7,14H,8-13H2,1H3. The number of nitrogens with zero attached hydrogens (tertiary/aromatic N) is 3. The Hall–Kier alpha value is -2.58. The second-order valence-electron chi connectivity index (χ2n) is 9.07. The molecule has 0 bridgehead atoms. The largest absolute Gasteiger partial charge is 0.380 e. The molecule has 1 aromatic heterocycles. The summed E-state index contributed by atoms with van der Waals surface area (Å²) in [6.45, 7) is 2.45. The molecule has 0 radical (unpaired) electrons. The van der Waals surface area contributed by atoms with Gasteiger partial charge in [-0.2, -0.15) is 0 Å². The van der Waals surface area contributed by atoms with Gasteiger partial charge >= 0.3 is 0 Å². The molecule has 9 heteroatoms. The summed E-state index contributed by atoms with van der Waals surface area (Å²) in [5.41, 5.74) is 0.134. The number of aromatic nitrogens is 1. The van der Waals surface area contributed by atoms with Gasteiger partial charge in [-0.15, -0.1) is 0 Å². The van der Waals surface area contributed by atoms with Gasteiger partial charge in [0.2, 0.25) is 5.91 Å². The minimum Gasteiger partial charge on any atom is -0.380 e. The molecule has 32 heavy (non-hydrogen) atoms. The third-order valence-electron chi connectivity index (χ3n) is 6.73. The Morgan fingerprint density at radius 1 is 1.22 bits per heavy atom. The highest BCUT2D eigenvalue weighted by Crippen LogP contribution is 2.58. The molecule has 3 fully saturated rings. The summed E-state index contributed by atoms with van der Waals surface area (Å²) < 4.78 is 33.5. The lowest BCUT2D eigenvalue weighted by atomic mass is 9.54. The van der Waals surface area contributed by atoms with Crippen molar-refractivity contribution < 1.29 is 23.1 Å². The molecular formula is C23H22ClF2N3O3. The molecule has 1 aromatic carbocycles. The third kappa shape index (κ3) is 3.28. The Morgan fingerprint density at radius 2 is 1.91 bits per heavy atom. The molecule has 2 aromatic rings. The van der Waals surface area contributed by atoms with E-state index in [4.69, 9.17) is 16.3 Å². The Labute approximate surface area is 189 Å². The van der Waals surface area contributed by atoms with Gasteiger partial charge in [0.1, 0.15) is 18.3 Å². The van der Waals surface area contributed by atoms with Crippen LogP contribution in [0, 0.1) is 11.2 Å². The monoisotopic (exact) mass is 461 g/mol. The number of rotatable bonds is 4. The number of anilines is 1. The van der Waals surface area contributed by atoms with E-state index in [-0.39, 0.29) is 41.2 Å². The first-order chi connectivity index (χ1) is 15.2. The van der Waals surface area contributed by atoms with Crippen molar-refractivity contribution in [3.63, 3.8) is 0 Å². The van der Waals surface area contributed by atoms with Crippen molar-refractivity contribution in [2.45, 2.75) is 38.0 Å². The van der Waals surface area contributed by atoms with Gasteiger partial charge in [0.25, 0.3) is 5.91 Å². The molecule has 5 rings (SSSR count). The van der Waals surface area contributed by atoms with Gasteiger partial charge in [-0.05, 0) is 37.0 Å². The normalized spacial score (nSPS) is 22.1. The van der Waals surface area contributed by atoms with E-state index < -0.39 is 17.5 Å². The van der Waals surface area contributed by atoms with E-state index in [1.807, 2.05) is 0 Å². The number of alkyl halides is 1. The lowest BCUT2D eigenvalue weighted by molar-refractivity contribution is -0.221. The van der Waals surface area contributed by atoms with Crippen molar-refractivity contribution in [2.75, 3.05) is 24.7 Å². The number of pyridine rings is 1. The highest BCUT2D eigenvalue weighted by Gasteiger charge is 2.68. The maximum Gasteiger partial charge on any atom is 0.254 e. The molecule has 1 saturated carbocycles. The van der Waals surface area contributed by atoms with Crippen LogP contribution >= 0.6 is 11.6 Å². The van der Waals surface area contributed by atoms with Gasteiger partial charge in [0.05, 0.1) is 18.2 Å². The van der Waals surface area contributed by atoms with Crippen LogP contribution in [0.5, 0.6) is 0 Å². The number of benzene rings is 1. The summed E-state index contributed by atoms with van der Waals surface area (Å²) in [5, 5.41) is 0.110. The van der Waals surface area contributed by atoms with Crippen LogP contribution in [0.1, 0.15) is 37.1 Å². The molecule has 3 aliphatic rings. The van der Waals surface area contributed by atoms with Gasteiger partial charge < -0.3 is 9.64 Å². The van der Waals surface area contributed by atoms with Crippen molar-refractivity contribution in [2.24, 2.45) is 5.41 Å². The minimum atomic E-state index is -1.09. The summed E-state index contributed by atoms with van der Waals surface area (Å²) in [4.78, 5) is 33.7. The average Bonchev–Trinajstić information content (AvgIpc) is 2.69. The van der Waals surface area contributed by atoms with Crippen LogP contribution in [-0.4, -0.2) is 47.0 Å². The molecule has 2 saturated heterocycles. The predicted molar refractivity (Wildman–Crippen MR) is 113 cm³/mol. The zero-order chi connectivity index (χ0) is 22.7. The second kappa shape index (κ2) is 7.49. The van der Waals surface area contributed by atoms with E-state index in [2.05, 4.69) is 4.98 Å². The minimum absolute atomic E-state index is 0.110. The molecule has 1 atom stereocenters. The molecule has 2 spiro atoms. The lowest BCUT2D eigenvalue weighted by Gasteiger charge is -2.64. The molecule has 1 aliphatic carbocycles. The highest BCUT2D eigenvalue weighted by atomic mass is 35.5. The SMILES string of the molecule is CC(F)c1ccc(CN2C(=O)CN(c3ncc(Cl)cc3F)C(=O)C23CC2(COC2)C3)cc1. The number of carbonyl (C=O) groups excluding carboxylic acids is 2. The quantitative estimate of drug-likeness (QED) is 0.694. The van der Waals surface area contributed by atoms with E-state index in [1.165, 1.54) is 13.1 Å². The highest BCUT2D eigenvalue weighted by molar-refractivity contribution is 6.30. The van der Waals surface area contributed by atoms with Crippen molar-refractivity contribution in [3.8, 4) is 0 Å². The van der Waals surface area contributed by atoms with Gasteiger partial charge in [-0.25, -0.2) is 13.8 Å². The van der Waals surface area contributed by atoms with Crippen molar-refractivity contribution in [1.29, 1.82) is 0 Å². The zero-order valence-corrected chi connectivity index (χ0v) is 18.2. The zero-order valence-electron chi connectivity index (χ0n) is 17.5. The first-order valence-electron chi connectivity index (χ1n) is 10.5. The molecule has 1 unspecified atom stereocenters. The van der Waals surface area contributed by atoms with Crippen LogP contribution < -0.4 is 4.90 Å². The van der Waals surface area contributed by atoms with Gasteiger partial charge in [-0.3, -0.25) is 14.5 Å². The Morgan fingerprint density at radius 3 is 2.47 bits per heavy atom. The molecule has 3 heterocycles. The fourth-order valence-corrected chi connectivity index (χ4v) is 5.26. The van der Waals surface area contributed by atoms with Crippen LogP contribution in [-0.2, 0) is 20.9 Å². The smallest absolute Gasteiger partial charge is 0.254 e. The van der Waals surface area contributed by atoms with Crippen molar-refractivity contribution >= 4 is 29.2 Å². The average molecular weight is 462 g/mol. The van der Waals surface area contributed by atoms with E-state index in [0.29, 0.717) is 31.6 Å². The van der Waals surface area contributed by atoms with Crippen molar-refractivity contribution in [1.82, 2.24) is 9.88 Å². The second-order valence-corrected chi connectivity index (χ2v) is 9.50.